The Morgan fingerprint density at radius 1 is 1.04 bits per heavy atom. The van der Waals surface area contributed by atoms with Crippen molar-refractivity contribution in [2.75, 3.05) is 26.0 Å². The molecule has 2 N–H and O–H groups in total. The molecule has 0 saturated carbocycles. The number of benzene rings is 2. The lowest BCUT2D eigenvalue weighted by atomic mass is 10.2. The number of hydrogen-bond acceptors (Lipinski definition) is 2. The van der Waals surface area contributed by atoms with Crippen molar-refractivity contribution in [2.24, 2.45) is 4.99 Å². The number of carbonyl (C=O) groups is 1. The molecular formula is C18H20F3IN4O. The van der Waals surface area contributed by atoms with Crippen LogP contribution in [0.4, 0.5) is 18.9 Å². The van der Waals surface area contributed by atoms with Gasteiger partial charge in [0.1, 0.15) is 0 Å². The van der Waals surface area contributed by atoms with Crippen LogP contribution in [0, 0.1) is 17.5 Å². The third kappa shape index (κ3) is 6.74. The van der Waals surface area contributed by atoms with Gasteiger partial charge in [0.15, 0.2) is 23.4 Å². The van der Waals surface area contributed by atoms with Crippen molar-refractivity contribution >= 4 is 41.5 Å². The standard InChI is InChI=1S/C18H19F3N4O.HI/c1-25(2)18(22-10-12-6-4-3-5-7-12)23-11-15(26)24-14-9-8-13(19)16(20)17(14)21;/h3-9H,10-11H2,1-2H3,(H,22,23)(H,24,26);1H. The fourth-order valence-electron chi connectivity index (χ4n) is 2.08. The lowest BCUT2D eigenvalue weighted by molar-refractivity contribution is -0.115. The molecule has 0 bridgehead atoms. The highest BCUT2D eigenvalue weighted by Gasteiger charge is 2.15. The SMILES string of the molecule is CN(C)C(=NCc1ccccc1)NCC(=O)Nc1ccc(F)c(F)c1F.I. The van der Waals surface area contributed by atoms with Crippen LogP contribution in [-0.4, -0.2) is 37.4 Å². The van der Waals surface area contributed by atoms with E-state index in [-0.39, 0.29) is 30.5 Å². The second-order valence-corrected chi connectivity index (χ2v) is 5.64. The highest BCUT2D eigenvalue weighted by atomic mass is 127. The van der Waals surface area contributed by atoms with Gasteiger partial charge in [0.05, 0.1) is 18.8 Å². The molecule has 1 amide bonds. The van der Waals surface area contributed by atoms with Gasteiger partial charge in [-0.15, -0.1) is 24.0 Å². The minimum Gasteiger partial charge on any atom is -0.349 e. The molecule has 0 spiro atoms. The van der Waals surface area contributed by atoms with Crippen molar-refractivity contribution < 1.29 is 18.0 Å². The van der Waals surface area contributed by atoms with Crippen LogP contribution in [0.25, 0.3) is 0 Å². The highest BCUT2D eigenvalue weighted by molar-refractivity contribution is 14.0. The van der Waals surface area contributed by atoms with Gasteiger partial charge >= 0.3 is 0 Å². The van der Waals surface area contributed by atoms with Crippen molar-refractivity contribution in [1.29, 1.82) is 0 Å². The summed E-state index contributed by atoms with van der Waals surface area (Å²) in [5.74, 6) is -4.56. The summed E-state index contributed by atoms with van der Waals surface area (Å²) in [6.07, 6.45) is 0. The summed E-state index contributed by atoms with van der Waals surface area (Å²) in [4.78, 5) is 18.0. The fraction of sp³-hybridized carbons (Fsp3) is 0.222. The molecule has 0 aromatic heterocycles. The molecule has 0 atom stereocenters. The molecule has 5 nitrogen and oxygen atoms in total. The van der Waals surface area contributed by atoms with E-state index in [9.17, 15) is 18.0 Å². The van der Waals surface area contributed by atoms with Crippen LogP contribution in [0.2, 0.25) is 0 Å². The molecule has 146 valence electrons. The van der Waals surface area contributed by atoms with Gasteiger partial charge in [-0.05, 0) is 17.7 Å². The summed E-state index contributed by atoms with van der Waals surface area (Å²) < 4.78 is 39.7. The Morgan fingerprint density at radius 2 is 1.70 bits per heavy atom. The van der Waals surface area contributed by atoms with E-state index in [1.54, 1.807) is 19.0 Å². The van der Waals surface area contributed by atoms with Gasteiger partial charge in [-0.3, -0.25) is 4.79 Å². The summed E-state index contributed by atoms with van der Waals surface area (Å²) in [6.45, 7) is 0.199. The Labute approximate surface area is 172 Å². The summed E-state index contributed by atoms with van der Waals surface area (Å²) in [6, 6.07) is 11.3. The molecule has 0 aliphatic rings. The van der Waals surface area contributed by atoms with Gasteiger partial charge in [-0.1, -0.05) is 30.3 Å². The first-order valence-corrected chi connectivity index (χ1v) is 7.81. The second-order valence-electron chi connectivity index (χ2n) is 5.64. The van der Waals surface area contributed by atoms with Crippen molar-refractivity contribution in [3.05, 3.63) is 65.5 Å². The molecule has 0 aliphatic carbocycles. The van der Waals surface area contributed by atoms with E-state index in [1.165, 1.54) is 0 Å². The van der Waals surface area contributed by atoms with Crippen LogP contribution >= 0.6 is 24.0 Å². The minimum atomic E-state index is -1.63. The Balaban J connectivity index is 0.00000364. The second kappa shape index (κ2) is 10.8. The maximum absolute atomic E-state index is 13.6. The number of hydrogen-bond donors (Lipinski definition) is 2. The third-order valence-corrected chi connectivity index (χ3v) is 3.39. The van der Waals surface area contributed by atoms with E-state index in [0.29, 0.717) is 12.5 Å². The third-order valence-electron chi connectivity index (χ3n) is 3.39. The van der Waals surface area contributed by atoms with Crippen LogP contribution in [-0.2, 0) is 11.3 Å². The number of nitrogens with zero attached hydrogens (tertiary/aromatic N) is 2. The summed E-state index contributed by atoms with van der Waals surface area (Å²) >= 11 is 0. The quantitative estimate of drug-likeness (QED) is 0.292. The average molecular weight is 492 g/mol. The molecule has 2 rings (SSSR count). The zero-order chi connectivity index (χ0) is 19.1. The summed E-state index contributed by atoms with van der Waals surface area (Å²) in [5.41, 5.74) is 0.574. The van der Waals surface area contributed by atoms with E-state index < -0.39 is 29.0 Å². The lowest BCUT2D eigenvalue weighted by Gasteiger charge is -2.17. The monoisotopic (exact) mass is 492 g/mol. The topological polar surface area (TPSA) is 56.7 Å². The number of rotatable bonds is 5. The van der Waals surface area contributed by atoms with Gasteiger partial charge < -0.3 is 15.5 Å². The first-order valence-electron chi connectivity index (χ1n) is 7.81. The van der Waals surface area contributed by atoms with Gasteiger partial charge in [-0.25, -0.2) is 18.2 Å². The number of amides is 1. The van der Waals surface area contributed by atoms with Crippen LogP contribution in [0.15, 0.2) is 47.5 Å². The predicted octanol–water partition coefficient (Wildman–Crippen LogP) is 3.37. The molecule has 2 aromatic carbocycles. The van der Waals surface area contributed by atoms with E-state index in [1.807, 2.05) is 30.3 Å². The van der Waals surface area contributed by atoms with E-state index in [0.717, 1.165) is 17.7 Å². The van der Waals surface area contributed by atoms with Crippen LogP contribution in [0.1, 0.15) is 5.56 Å². The summed E-state index contributed by atoms with van der Waals surface area (Å²) in [7, 11) is 3.51. The molecule has 0 fully saturated rings. The number of anilines is 1. The Kier molecular flexibility index (Phi) is 9.06. The maximum Gasteiger partial charge on any atom is 0.243 e. The minimum absolute atomic E-state index is 0. The van der Waals surface area contributed by atoms with Gasteiger partial charge in [0, 0.05) is 14.1 Å². The molecule has 27 heavy (non-hydrogen) atoms. The van der Waals surface area contributed by atoms with Crippen LogP contribution < -0.4 is 10.6 Å². The van der Waals surface area contributed by atoms with Crippen molar-refractivity contribution in [3.8, 4) is 0 Å². The first-order chi connectivity index (χ1) is 12.4. The van der Waals surface area contributed by atoms with E-state index in [4.69, 9.17) is 0 Å². The average Bonchev–Trinajstić information content (AvgIpc) is 2.62. The molecule has 9 heteroatoms. The largest absolute Gasteiger partial charge is 0.349 e. The molecule has 0 radical (unpaired) electrons. The van der Waals surface area contributed by atoms with E-state index >= 15 is 0 Å². The zero-order valence-electron chi connectivity index (χ0n) is 14.8. The van der Waals surface area contributed by atoms with Crippen molar-refractivity contribution in [3.63, 3.8) is 0 Å². The smallest absolute Gasteiger partial charge is 0.243 e. The normalized spacial score (nSPS) is 10.8. The molecule has 2 aromatic rings. The highest BCUT2D eigenvalue weighted by Crippen LogP contribution is 2.19. The molecule has 0 heterocycles. The lowest BCUT2D eigenvalue weighted by Crippen LogP contribution is -2.40. The van der Waals surface area contributed by atoms with Gasteiger partial charge in [-0.2, -0.15) is 0 Å². The number of carbonyl (C=O) groups excluding carboxylic acids is 1. The van der Waals surface area contributed by atoms with Gasteiger partial charge in [0.2, 0.25) is 5.91 Å². The van der Waals surface area contributed by atoms with E-state index in [2.05, 4.69) is 15.6 Å². The van der Waals surface area contributed by atoms with Crippen molar-refractivity contribution in [1.82, 2.24) is 10.2 Å². The number of nitrogens with one attached hydrogen (secondary N) is 2. The Hall–Kier alpha value is -2.30. The van der Waals surface area contributed by atoms with Crippen molar-refractivity contribution in [2.45, 2.75) is 6.54 Å². The van der Waals surface area contributed by atoms with Crippen LogP contribution in [0.5, 0.6) is 0 Å². The fourth-order valence-corrected chi connectivity index (χ4v) is 2.08. The van der Waals surface area contributed by atoms with Gasteiger partial charge in [0.25, 0.3) is 0 Å². The molecule has 0 aliphatic heterocycles. The summed E-state index contributed by atoms with van der Waals surface area (Å²) in [5, 5.41) is 5.02. The Bertz CT molecular complexity index is 801. The number of guanidine groups is 1. The molecule has 0 saturated heterocycles. The predicted molar refractivity (Wildman–Crippen MR) is 110 cm³/mol. The molecule has 0 unspecified atom stereocenters. The van der Waals surface area contributed by atoms with Crippen LogP contribution in [0.3, 0.4) is 0 Å². The number of aliphatic imine (C=N–C) groups is 1. The first kappa shape index (κ1) is 22.7. The molecular weight excluding hydrogens is 472 g/mol. The zero-order valence-corrected chi connectivity index (χ0v) is 17.1. The maximum atomic E-state index is 13.6. The number of halogens is 4. The Morgan fingerprint density at radius 3 is 2.33 bits per heavy atom.